The second-order valence-electron chi connectivity index (χ2n) is 3.84. The highest BCUT2D eigenvalue weighted by Gasteiger charge is 2.13. The lowest BCUT2D eigenvalue weighted by Gasteiger charge is -2.24. The van der Waals surface area contributed by atoms with E-state index in [1.54, 1.807) is 0 Å². The van der Waals surface area contributed by atoms with Crippen LogP contribution < -0.4 is 5.32 Å². The standard InChI is InChI=1S/C10H21NO/c1-3-9(2)7-11-10-5-4-6-12-8-10/h9-11H,3-8H2,1-2H3. The molecule has 0 aromatic carbocycles. The Labute approximate surface area is 75.7 Å². The number of nitrogens with one attached hydrogen (secondary N) is 1. The monoisotopic (exact) mass is 171 g/mol. The summed E-state index contributed by atoms with van der Waals surface area (Å²) in [7, 11) is 0. The summed E-state index contributed by atoms with van der Waals surface area (Å²) in [6, 6.07) is 0.618. The molecule has 1 aliphatic rings. The van der Waals surface area contributed by atoms with Crippen LogP contribution in [0.25, 0.3) is 0 Å². The molecule has 0 aromatic rings. The van der Waals surface area contributed by atoms with Gasteiger partial charge in [-0.05, 0) is 25.3 Å². The van der Waals surface area contributed by atoms with Gasteiger partial charge < -0.3 is 10.1 Å². The summed E-state index contributed by atoms with van der Waals surface area (Å²) in [5.74, 6) is 0.798. The van der Waals surface area contributed by atoms with Gasteiger partial charge in [0.1, 0.15) is 0 Å². The zero-order valence-corrected chi connectivity index (χ0v) is 8.31. The summed E-state index contributed by atoms with van der Waals surface area (Å²) in [6.45, 7) is 7.54. The van der Waals surface area contributed by atoms with E-state index in [0.717, 1.165) is 25.7 Å². The molecule has 1 saturated heterocycles. The Hall–Kier alpha value is -0.0800. The molecule has 0 spiro atoms. The van der Waals surface area contributed by atoms with E-state index >= 15 is 0 Å². The first-order valence-corrected chi connectivity index (χ1v) is 5.14. The van der Waals surface area contributed by atoms with Crippen molar-refractivity contribution in [2.75, 3.05) is 19.8 Å². The fourth-order valence-electron chi connectivity index (χ4n) is 1.41. The van der Waals surface area contributed by atoms with Crippen molar-refractivity contribution in [3.63, 3.8) is 0 Å². The average molecular weight is 171 g/mol. The van der Waals surface area contributed by atoms with Gasteiger partial charge in [0.2, 0.25) is 0 Å². The summed E-state index contributed by atoms with van der Waals surface area (Å²) >= 11 is 0. The maximum atomic E-state index is 5.39. The maximum absolute atomic E-state index is 5.39. The summed E-state index contributed by atoms with van der Waals surface area (Å²) in [6.07, 6.45) is 3.77. The van der Waals surface area contributed by atoms with E-state index in [1.165, 1.54) is 19.3 Å². The van der Waals surface area contributed by atoms with E-state index in [4.69, 9.17) is 4.74 Å². The van der Waals surface area contributed by atoms with Gasteiger partial charge in [-0.3, -0.25) is 0 Å². The van der Waals surface area contributed by atoms with Crippen molar-refractivity contribution in [1.29, 1.82) is 0 Å². The van der Waals surface area contributed by atoms with Gasteiger partial charge in [0.15, 0.2) is 0 Å². The van der Waals surface area contributed by atoms with Crippen LogP contribution >= 0.6 is 0 Å². The molecule has 0 aromatic heterocycles. The van der Waals surface area contributed by atoms with Crippen molar-refractivity contribution in [3.8, 4) is 0 Å². The van der Waals surface area contributed by atoms with Gasteiger partial charge >= 0.3 is 0 Å². The Balaban J connectivity index is 2.05. The van der Waals surface area contributed by atoms with Gasteiger partial charge in [-0.2, -0.15) is 0 Å². The normalized spacial score (nSPS) is 27.0. The first-order valence-electron chi connectivity index (χ1n) is 5.14. The first-order chi connectivity index (χ1) is 5.83. The topological polar surface area (TPSA) is 21.3 Å². The Kier molecular flexibility index (Phi) is 4.62. The second-order valence-corrected chi connectivity index (χ2v) is 3.84. The molecule has 1 heterocycles. The van der Waals surface area contributed by atoms with Gasteiger partial charge in [0.25, 0.3) is 0 Å². The molecule has 12 heavy (non-hydrogen) atoms. The maximum Gasteiger partial charge on any atom is 0.0619 e. The zero-order chi connectivity index (χ0) is 8.81. The van der Waals surface area contributed by atoms with Crippen LogP contribution in [0.3, 0.4) is 0 Å². The van der Waals surface area contributed by atoms with Crippen LogP contribution in [0.15, 0.2) is 0 Å². The van der Waals surface area contributed by atoms with Gasteiger partial charge in [0.05, 0.1) is 6.61 Å². The van der Waals surface area contributed by atoms with E-state index < -0.39 is 0 Å². The first kappa shape index (κ1) is 10.0. The summed E-state index contributed by atoms with van der Waals surface area (Å²) in [5, 5.41) is 3.55. The van der Waals surface area contributed by atoms with Crippen LogP contribution in [-0.4, -0.2) is 25.8 Å². The summed E-state index contributed by atoms with van der Waals surface area (Å²) < 4.78 is 5.39. The van der Waals surface area contributed by atoms with E-state index in [2.05, 4.69) is 19.2 Å². The third-order valence-corrected chi connectivity index (χ3v) is 2.61. The fraction of sp³-hybridized carbons (Fsp3) is 1.00. The fourth-order valence-corrected chi connectivity index (χ4v) is 1.41. The minimum Gasteiger partial charge on any atom is -0.380 e. The van der Waals surface area contributed by atoms with Crippen molar-refractivity contribution in [2.24, 2.45) is 5.92 Å². The summed E-state index contributed by atoms with van der Waals surface area (Å²) in [5.41, 5.74) is 0. The molecular weight excluding hydrogens is 150 g/mol. The smallest absolute Gasteiger partial charge is 0.0619 e. The molecule has 1 N–H and O–H groups in total. The van der Waals surface area contributed by atoms with Gasteiger partial charge in [0, 0.05) is 12.6 Å². The molecule has 72 valence electrons. The zero-order valence-electron chi connectivity index (χ0n) is 8.31. The van der Waals surface area contributed by atoms with Crippen molar-refractivity contribution in [1.82, 2.24) is 5.32 Å². The van der Waals surface area contributed by atoms with Gasteiger partial charge in [-0.25, -0.2) is 0 Å². The molecule has 1 fully saturated rings. The molecular formula is C10H21NO. The number of ether oxygens (including phenoxy) is 1. The van der Waals surface area contributed by atoms with E-state index in [9.17, 15) is 0 Å². The molecule has 2 heteroatoms. The van der Waals surface area contributed by atoms with Crippen LogP contribution in [0.5, 0.6) is 0 Å². The average Bonchev–Trinajstić information content (AvgIpc) is 2.16. The van der Waals surface area contributed by atoms with Crippen LogP contribution in [0.4, 0.5) is 0 Å². The molecule has 2 nitrogen and oxygen atoms in total. The number of hydrogen-bond donors (Lipinski definition) is 1. The highest BCUT2D eigenvalue weighted by Crippen LogP contribution is 2.07. The van der Waals surface area contributed by atoms with Crippen molar-refractivity contribution in [3.05, 3.63) is 0 Å². The predicted molar refractivity (Wildman–Crippen MR) is 51.3 cm³/mol. The van der Waals surface area contributed by atoms with Crippen molar-refractivity contribution in [2.45, 2.75) is 39.2 Å². The Morgan fingerprint density at radius 3 is 3.00 bits per heavy atom. The predicted octanol–water partition coefficient (Wildman–Crippen LogP) is 1.80. The van der Waals surface area contributed by atoms with Gasteiger partial charge in [-0.15, -0.1) is 0 Å². The van der Waals surface area contributed by atoms with Gasteiger partial charge in [-0.1, -0.05) is 20.3 Å². The van der Waals surface area contributed by atoms with E-state index in [1.807, 2.05) is 0 Å². The van der Waals surface area contributed by atoms with Crippen LogP contribution in [0.2, 0.25) is 0 Å². The molecule has 2 atom stereocenters. The Bertz CT molecular complexity index is 110. The van der Waals surface area contributed by atoms with E-state index in [-0.39, 0.29) is 0 Å². The quantitative estimate of drug-likeness (QED) is 0.696. The molecule has 0 bridgehead atoms. The lowest BCUT2D eigenvalue weighted by atomic mass is 10.1. The molecule has 1 aliphatic heterocycles. The van der Waals surface area contributed by atoms with Crippen molar-refractivity contribution >= 4 is 0 Å². The molecule has 0 amide bonds. The minimum absolute atomic E-state index is 0.618. The Morgan fingerprint density at radius 2 is 2.42 bits per heavy atom. The second kappa shape index (κ2) is 5.55. The largest absolute Gasteiger partial charge is 0.380 e. The van der Waals surface area contributed by atoms with E-state index in [0.29, 0.717) is 6.04 Å². The van der Waals surface area contributed by atoms with Crippen LogP contribution in [0, 0.1) is 5.92 Å². The number of hydrogen-bond acceptors (Lipinski definition) is 2. The number of rotatable bonds is 4. The molecule has 2 unspecified atom stereocenters. The van der Waals surface area contributed by atoms with Crippen molar-refractivity contribution < 1.29 is 4.74 Å². The Morgan fingerprint density at radius 1 is 1.58 bits per heavy atom. The highest BCUT2D eigenvalue weighted by molar-refractivity contribution is 4.70. The lowest BCUT2D eigenvalue weighted by molar-refractivity contribution is 0.0693. The molecule has 0 saturated carbocycles. The molecule has 0 radical (unpaired) electrons. The SMILES string of the molecule is CCC(C)CNC1CCCOC1. The molecule has 1 rings (SSSR count). The van der Waals surface area contributed by atoms with Crippen LogP contribution in [0.1, 0.15) is 33.1 Å². The van der Waals surface area contributed by atoms with Crippen LogP contribution in [-0.2, 0) is 4.74 Å². The minimum atomic E-state index is 0.618. The third kappa shape index (κ3) is 3.55. The lowest BCUT2D eigenvalue weighted by Crippen LogP contribution is -2.38. The highest BCUT2D eigenvalue weighted by atomic mass is 16.5. The summed E-state index contributed by atoms with van der Waals surface area (Å²) in [4.78, 5) is 0. The molecule has 0 aliphatic carbocycles. The third-order valence-electron chi connectivity index (χ3n) is 2.61.